The average Bonchev–Trinajstić information content (AvgIpc) is 2.66. The third-order valence-electron chi connectivity index (χ3n) is 4.59. The Bertz CT molecular complexity index is 770. The van der Waals surface area contributed by atoms with Crippen molar-refractivity contribution in [2.75, 3.05) is 33.4 Å². The minimum atomic E-state index is -1.09. The zero-order valence-corrected chi connectivity index (χ0v) is 14.6. The zero-order valence-electron chi connectivity index (χ0n) is 14.6. The highest BCUT2D eigenvalue weighted by Gasteiger charge is 2.29. The van der Waals surface area contributed by atoms with Crippen molar-refractivity contribution in [3.63, 3.8) is 0 Å². The van der Waals surface area contributed by atoms with Gasteiger partial charge in [-0.25, -0.2) is 4.79 Å². The van der Waals surface area contributed by atoms with Crippen LogP contribution < -0.4 is 10.1 Å². The van der Waals surface area contributed by atoms with Crippen LogP contribution in [0.3, 0.4) is 0 Å². The van der Waals surface area contributed by atoms with Gasteiger partial charge in [0.1, 0.15) is 12.0 Å². The maximum atomic E-state index is 10.8. The first-order valence-electron chi connectivity index (χ1n) is 8.48. The Morgan fingerprint density at radius 1 is 1.50 bits per heavy atom. The molecule has 2 unspecified atom stereocenters. The summed E-state index contributed by atoms with van der Waals surface area (Å²) >= 11 is 0. The lowest BCUT2D eigenvalue weighted by Crippen LogP contribution is -2.55. The number of amides is 1. The number of pyridine rings is 1. The van der Waals surface area contributed by atoms with Crippen LogP contribution in [0.1, 0.15) is 5.56 Å². The second-order valence-electron chi connectivity index (χ2n) is 6.19. The molecule has 1 aliphatic rings. The normalized spacial score (nSPS) is 19.2. The van der Waals surface area contributed by atoms with Crippen LogP contribution in [0.2, 0.25) is 0 Å². The average molecular weight is 361 g/mol. The molecule has 1 amide bonds. The van der Waals surface area contributed by atoms with Gasteiger partial charge in [0.25, 0.3) is 0 Å². The van der Waals surface area contributed by atoms with E-state index in [2.05, 4.69) is 10.3 Å². The zero-order chi connectivity index (χ0) is 18.5. The van der Waals surface area contributed by atoms with Crippen LogP contribution in [-0.4, -0.2) is 71.9 Å². The van der Waals surface area contributed by atoms with Gasteiger partial charge in [-0.1, -0.05) is 0 Å². The van der Waals surface area contributed by atoms with E-state index >= 15 is 0 Å². The Kier molecular flexibility index (Phi) is 5.87. The lowest BCUT2D eigenvalue weighted by molar-refractivity contribution is -0.0918. The van der Waals surface area contributed by atoms with Gasteiger partial charge in [0.15, 0.2) is 0 Å². The maximum absolute atomic E-state index is 10.8. The van der Waals surface area contributed by atoms with Gasteiger partial charge in [-0.2, -0.15) is 0 Å². The summed E-state index contributed by atoms with van der Waals surface area (Å²) in [5.41, 5.74) is 1.79. The number of hydrogen-bond acceptors (Lipinski definition) is 6. The van der Waals surface area contributed by atoms with E-state index < -0.39 is 12.3 Å². The van der Waals surface area contributed by atoms with Gasteiger partial charge < -0.3 is 25.0 Å². The summed E-state index contributed by atoms with van der Waals surface area (Å²) in [6.07, 6.45) is 0.281. The molecule has 1 fully saturated rings. The van der Waals surface area contributed by atoms with E-state index in [1.54, 1.807) is 13.3 Å². The summed E-state index contributed by atoms with van der Waals surface area (Å²) in [7, 11) is 1.61. The predicted molar refractivity (Wildman–Crippen MR) is 95.3 cm³/mol. The molecular formula is C18H23N3O5. The van der Waals surface area contributed by atoms with Crippen molar-refractivity contribution >= 4 is 17.0 Å². The van der Waals surface area contributed by atoms with Crippen molar-refractivity contribution in [3.05, 3.63) is 36.0 Å². The monoisotopic (exact) mass is 361 g/mol. The predicted octanol–water partition coefficient (Wildman–Crippen LogP) is 1.07. The summed E-state index contributed by atoms with van der Waals surface area (Å²) in [5, 5.41) is 22.9. The van der Waals surface area contributed by atoms with Crippen LogP contribution in [0, 0.1) is 0 Å². The Morgan fingerprint density at radius 2 is 2.35 bits per heavy atom. The molecule has 2 aromatic rings. The molecule has 0 radical (unpaired) electrons. The molecule has 1 saturated heterocycles. The number of aliphatic hydroxyl groups excluding tert-OH is 1. The molecule has 2 atom stereocenters. The molecule has 2 heterocycles. The molecule has 3 rings (SSSR count). The molecule has 1 aromatic carbocycles. The highest BCUT2D eigenvalue weighted by atomic mass is 16.5. The fraction of sp³-hybridized carbons (Fsp3) is 0.444. The van der Waals surface area contributed by atoms with Crippen molar-refractivity contribution in [2.24, 2.45) is 0 Å². The van der Waals surface area contributed by atoms with E-state index in [0.717, 1.165) is 22.2 Å². The molecular weight excluding hydrogens is 338 g/mol. The second kappa shape index (κ2) is 8.31. The van der Waals surface area contributed by atoms with Crippen molar-refractivity contribution in [1.29, 1.82) is 0 Å². The molecule has 0 spiro atoms. The quantitative estimate of drug-likeness (QED) is 0.707. The summed E-state index contributed by atoms with van der Waals surface area (Å²) in [6.45, 7) is 1.63. The molecule has 0 saturated carbocycles. The lowest BCUT2D eigenvalue weighted by atomic mass is 10.0. The lowest BCUT2D eigenvalue weighted by Gasteiger charge is -2.38. The first-order valence-corrected chi connectivity index (χ1v) is 8.48. The van der Waals surface area contributed by atoms with Gasteiger partial charge in [-0.05, 0) is 29.8 Å². The summed E-state index contributed by atoms with van der Waals surface area (Å²) in [4.78, 5) is 17.0. The topological polar surface area (TPSA) is 104 Å². The molecule has 26 heavy (non-hydrogen) atoms. The van der Waals surface area contributed by atoms with E-state index in [4.69, 9.17) is 14.6 Å². The van der Waals surface area contributed by atoms with Crippen LogP contribution in [0.15, 0.2) is 30.5 Å². The number of benzene rings is 1. The molecule has 1 aliphatic heterocycles. The van der Waals surface area contributed by atoms with Crippen molar-refractivity contribution in [3.8, 4) is 5.75 Å². The standard InChI is InChI=1S/C18H23N3O5/c1-25-14-2-3-16-15(9-14)12(4-5-19-16)8-17(22)21-6-7-26-11-13(21)10-20-18(23)24/h2-5,9,13,17,20,22H,6-8,10-11H2,1H3,(H,23,24). The minimum absolute atomic E-state index is 0.206. The molecule has 0 aliphatic carbocycles. The van der Waals surface area contributed by atoms with E-state index in [1.807, 2.05) is 29.2 Å². The number of aliphatic hydroxyl groups is 1. The fourth-order valence-electron chi connectivity index (χ4n) is 3.24. The number of nitrogens with zero attached hydrogens (tertiary/aromatic N) is 2. The summed E-state index contributed by atoms with van der Waals surface area (Å²) in [6, 6.07) is 7.32. The maximum Gasteiger partial charge on any atom is 0.404 e. The molecule has 8 nitrogen and oxygen atoms in total. The van der Waals surface area contributed by atoms with Gasteiger partial charge in [-0.3, -0.25) is 9.88 Å². The van der Waals surface area contributed by atoms with Crippen molar-refractivity contribution < 1.29 is 24.5 Å². The second-order valence-corrected chi connectivity index (χ2v) is 6.19. The summed E-state index contributed by atoms with van der Waals surface area (Å²) in [5.74, 6) is 0.733. The first kappa shape index (κ1) is 18.4. The minimum Gasteiger partial charge on any atom is -0.497 e. The smallest absolute Gasteiger partial charge is 0.404 e. The van der Waals surface area contributed by atoms with Crippen molar-refractivity contribution in [2.45, 2.75) is 18.7 Å². The SMILES string of the molecule is COc1ccc2nccc(CC(O)N3CCOCC3CNC(=O)O)c2c1. The Labute approximate surface area is 151 Å². The van der Waals surface area contributed by atoms with Crippen LogP contribution in [-0.2, 0) is 11.2 Å². The number of rotatable bonds is 6. The number of methoxy groups -OCH3 is 1. The number of aromatic nitrogens is 1. The van der Waals surface area contributed by atoms with E-state index in [-0.39, 0.29) is 12.6 Å². The first-order chi connectivity index (χ1) is 12.6. The Balaban J connectivity index is 1.78. The number of fused-ring (bicyclic) bond motifs is 1. The van der Waals surface area contributed by atoms with Crippen LogP contribution >= 0.6 is 0 Å². The third kappa shape index (κ3) is 4.21. The van der Waals surface area contributed by atoms with Crippen LogP contribution in [0.4, 0.5) is 4.79 Å². The number of nitrogens with one attached hydrogen (secondary N) is 1. The Hall–Kier alpha value is -2.42. The van der Waals surface area contributed by atoms with Gasteiger partial charge in [0.2, 0.25) is 0 Å². The fourth-order valence-corrected chi connectivity index (χ4v) is 3.24. The van der Waals surface area contributed by atoms with E-state index in [9.17, 15) is 9.90 Å². The molecule has 1 aromatic heterocycles. The third-order valence-corrected chi connectivity index (χ3v) is 4.59. The number of carbonyl (C=O) groups is 1. The van der Waals surface area contributed by atoms with Gasteiger partial charge in [0.05, 0.1) is 31.9 Å². The molecule has 140 valence electrons. The number of morpholine rings is 1. The molecule has 3 N–H and O–H groups in total. The largest absolute Gasteiger partial charge is 0.497 e. The van der Waals surface area contributed by atoms with Gasteiger partial charge in [-0.15, -0.1) is 0 Å². The number of hydrogen-bond donors (Lipinski definition) is 3. The molecule has 8 heteroatoms. The summed E-state index contributed by atoms with van der Waals surface area (Å²) < 4.78 is 10.7. The number of carboxylic acid groups (broad SMARTS) is 1. The number of ether oxygens (including phenoxy) is 2. The van der Waals surface area contributed by atoms with Crippen LogP contribution in [0.25, 0.3) is 10.9 Å². The van der Waals surface area contributed by atoms with Gasteiger partial charge in [0, 0.05) is 31.1 Å². The highest BCUT2D eigenvalue weighted by molar-refractivity contribution is 5.83. The van der Waals surface area contributed by atoms with E-state index in [0.29, 0.717) is 26.2 Å². The van der Waals surface area contributed by atoms with Crippen LogP contribution in [0.5, 0.6) is 5.75 Å². The van der Waals surface area contributed by atoms with Gasteiger partial charge >= 0.3 is 6.09 Å². The highest BCUT2D eigenvalue weighted by Crippen LogP contribution is 2.24. The molecule has 0 bridgehead atoms. The Morgan fingerprint density at radius 3 is 3.12 bits per heavy atom. The van der Waals surface area contributed by atoms with E-state index in [1.165, 1.54) is 0 Å². The van der Waals surface area contributed by atoms with Crippen molar-refractivity contribution in [1.82, 2.24) is 15.2 Å².